The molecule has 0 aromatic carbocycles. The molecular weight excluding hydrogens is 278 g/mol. The number of likely N-dealkylation sites (tertiary alicyclic amines) is 1. The Kier molecular flexibility index (Phi) is 4.27. The Labute approximate surface area is 130 Å². The van der Waals surface area contributed by atoms with Gasteiger partial charge in [-0.1, -0.05) is 13.8 Å². The molecule has 6 nitrogen and oxygen atoms in total. The summed E-state index contributed by atoms with van der Waals surface area (Å²) in [5.41, 5.74) is 1.56. The van der Waals surface area contributed by atoms with Gasteiger partial charge in [0.2, 0.25) is 0 Å². The molecule has 1 N–H and O–H groups in total. The van der Waals surface area contributed by atoms with E-state index >= 15 is 0 Å². The lowest BCUT2D eigenvalue weighted by atomic mass is 10.1. The molecule has 1 aliphatic heterocycles. The first-order chi connectivity index (χ1) is 10.6. The number of hydrogen-bond acceptors (Lipinski definition) is 3. The van der Waals surface area contributed by atoms with Crippen LogP contribution in [0.2, 0.25) is 0 Å². The molecule has 1 amide bonds. The normalized spacial score (nSPS) is 18.3. The van der Waals surface area contributed by atoms with Crippen molar-refractivity contribution in [2.45, 2.75) is 45.7 Å². The Bertz CT molecular complexity index is 616. The molecule has 1 fully saturated rings. The van der Waals surface area contributed by atoms with Gasteiger partial charge in [0.05, 0.1) is 12.6 Å². The second-order valence-corrected chi connectivity index (χ2v) is 6.40. The second kappa shape index (κ2) is 6.34. The predicted octanol–water partition coefficient (Wildman–Crippen LogP) is 2.11. The highest BCUT2D eigenvalue weighted by Gasteiger charge is 2.31. The maximum absolute atomic E-state index is 12.7. The molecule has 1 saturated heterocycles. The van der Waals surface area contributed by atoms with Crippen molar-refractivity contribution < 1.29 is 4.79 Å². The molecular formula is C16H23N5O. The van der Waals surface area contributed by atoms with Crippen LogP contribution in [0.4, 0.5) is 0 Å². The lowest BCUT2D eigenvalue weighted by Gasteiger charge is -2.23. The molecule has 0 spiro atoms. The molecule has 1 atom stereocenters. The highest BCUT2D eigenvalue weighted by atomic mass is 16.2. The van der Waals surface area contributed by atoms with Crippen molar-refractivity contribution in [1.82, 2.24) is 24.9 Å². The highest BCUT2D eigenvalue weighted by Crippen LogP contribution is 2.21. The van der Waals surface area contributed by atoms with Crippen LogP contribution >= 0.6 is 0 Å². The minimum absolute atomic E-state index is 0.0286. The topological polar surface area (TPSA) is 66.8 Å². The summed E-state index contributed by atoms with van der Waals surface area (Å²) in [4.78, 5) is 14.6. The fraction of sp³-hybridized carbons (Fsp3) is 0.562. The molecule has 0 saturated carbocycles. The van der Waals surface area contributed by atoms with E-state index in [9.17, 15) is 4.79 Å². The number of carbonyl (C=O) groups is 1. The third kappa shape index (κ3) is 3.21. The zero-order valence-corrected chi connectivity index (χ0v) is 13.2. The summed E-state index contributed by atoms with van der Waals surface area (Å²) >= 11 is 0. The molecule has 3 heterocycles. The summed E-state index contributed by atoms with van der Waals surface area (Å²) in [7, 11) is 0. The number of nitrogens with one attached hydrogen (secondary N) is 1. The van der Waals surface area contributed by atoms with E-state index in [2.05, 4.69) is 29.1 Å². The third-order valence-electron chi connectivity index (χ3n) is 4.07. The first kappa shape index (κ1) is 14.8. The number of hydrogen-bond donors (Lipinski definition) is 1. The van der Waals surface area contributed by atoms with Gasteiger partial charge in [-0.3, -0.25) is 14.6 Å². The van der Waals surface area contributed by atoms with Crippen LogP contribution in [0, 0.1) is 5.92 Å². The number of amides is 1. The van der Waals surface area contributed by atoms with Gasteiger partial charge in [0.15, 0.2) is 0 Å². The van der Waals surface area contributed by atoms with Gasteiger partial charge in [-0.25, -0.2) is 0 Å². The minimum atomic E-state index is 0.0286. The fourth-order valence-electron chi connectivity index (χ4n) is 3.08. The van der Waals surface area contributed by atoms with Gasteiger partial charge in [0.25, 0.3) is 5.91 Å². The zero-order valence-electron chi connectivity index (χ0n) is 13.2. The van der Waals surface area contributed by atoms with Crippen LogP contribution in [0.1, 0.15) is 42.9 Å². The van der Waals surface area contributed by atoms with Gasteiger partial charge >= 0.3 is 0 Å². The molecule has 1 aliphatic rings. The van der Waals surface area contributed by atoms with Crippen LogP contribution < -0.4 is 0 Å². The Hall–Kier alpha value is -2.11. The number of aromatic amines is 1. The first-order valence-corrected chi connectivity index (χ1v) is 7.96. The lowest BCUT2D eigenvalue weighted by Crippen LogP contribution is -2.38. The van der Waals surface area contributed by atoms with Crippen LogP contribution in [0.15, 0.2) is 24.5 Å². The largest absolute Gasteiger partial charge is 0.332 e. The predicted molar refractivity (Wildman–Crippen MR) is 83.4 cm³/mol. The summed E-state index contributed by atoms with van der Waals surface area (Å²) in [5.74, 6) is 0.573. The van der Waals surface area contributed by atoms with Gasteiger partial charge in [-0.2, -0.15) is 10.2 Å². The van der Waals surface area contributed by atoms with E-state index in [4.69, 9.17) is 0 Å². The van der Waals surface area contributed by atoms with Crippen LogP contribution in [0.5, 0.6) is 0 Å². The molecule has 0 radical (unpaired) electrons. The highest BCUT2D eigenvalue weighted by molar-refractivity contribution is 5.92. The Balaban J connectivity index is 1.69. The molecule has 118 valence electrons. The number of nitrogens with zero attached hydrogens (tertiary/aromatic N) is 4. The second-order valence-electron chi connectivity index (χ2n) is 6.40. The van der Waals surface area contributed by atoms with E-state index in [1.807, 2.05) is 27.9 Å². The van der Waals surface area contributed by atoms with Gasteiger partial charge in [0, 0.05) is 24.6 Å². The maximum Gasteiger partial charge on any atom is 0.274 e. The molecule has 0 unspecified atom stereocenters. The summed E-state index contributed by atoms with van der Waals surface area (Å²) in [6, 6.07) is 4.01. The summed E-state index contributed by atoms with van der Waals surface area (Å²) in [5, 5.41) is 11.4. The van der Waals surface area contributed by atoms with Gasteiger partial charge in [-0.05, 0) is 37.3 Å². The van der Waals surface area contributed by atoms with Gasteiger partial charge in [0.1, 0.15) is 5.69 Å². The number of rotatable bonds is 5. The van der Waals surface area contributed by atoms with E-state index in [0.717, 1.165) is 38.0 Å². The van der Waals surface area contributed by atoms with E-state index < -0.39 is 0 Å². The van der Waals surface area contributed by atoms with Crippen molar-refractivity contribution >= 4 is 5.91 Å². The third-order valence-corrected chi connectivity index (χ3v) is 4.07. The quantitative estimate of drug-likeness (QED) is 0.919. The van der Waals surface area contributed by atoms with Gasteiger partial charge < -0.3 is 4.90 Å². The van der Waals surface area contributed by atoms with E-state index in [-0.39, 0.29) is 11.9 Å². The van der Waals surface area contributed by atoms with Crippen molar-refractivity contribution in [2.75, 3.05) is 6.54 Å². The average Bonchev–Trinajstić information content (AvgIpc) is 3.19. The van der Waals surface area contributed by atoms with Crippen molar-refractivity contribution in [3.63, 3.8) is 0 Å². The first-order valence-electron chi connectivity index (χ1n) is 7.96. The zero-order chi connectivity index (χ0) is 15.5. The Morgan fingerprint density at radius 3 is 3.09 bits per heavy atom. The van der Waals surface area contributed by atoms with E-state index in [1.165, 1.54) is 0 Å². The monoisotopic (exact) mass is 301 g/mol. The minimum Gasteiger partial charge on any atom is -0.332 e. The number of H-pyrrole nitrogens is 1. The lowest BCUT2D eigenvalue weighted by molar-refractivity contribution is 0.0715. The van der Waals surface area contributed by atoms with Crippen molar-refractivity contribution in [3.8, 4) is 0 Å². The van der Waals surface area contributed by atoms with Crippen LogP contribution in [-0.2, 0) is 13.0 Å². The molecule has 22 heavy (non-hydrogen) atoms. The molecule has 3 rings (SSSR count). The maximum atomic E-state index is 12.7. The van der Waals surface area contributed by atoms with E-state index in [0.29, 0.717) is 11.6 Å². The number of carbonyl (C=O) groups excluding carboxylic acids is 1. The SMILES string of the molecule is CC(C)Cc1cc(C(=O)N2CCC[C@H]2Cn2cccn2)n[nH]1. The standard InChI is InChI=1S/C16H23N5O/c1-12(2)9-13-10-15(19-18-13)16(22)21-8-3-5-14(21)11-20-7-4-6-17-20/h4,6-7,10,12,14H,3,5,8-9,11H2,1-2H3,(H,18,19)/t14-/m0/s1. The van der Waals surface area contributed by atoms with Crippen molar-refractivity contribution in [2.24, 2.45) is 5.92 Å². The van der Waals surface area contributed by atoms with E-state index in [1.54, 1.807) is 6.20 Å². The number of aromatic nitrogens is 4. The van der Waals surface area contributed by atoms with Crippen molar-refractivity contribution in [1.29, 1.82) is 0 Å². The average molecular weight is 301 g/mol. The van der Waals surface area contributed by atoms with Crippen LogP contribution in [0.3, 0.4) is 0 Å². The molecule has 2 aromatic heterocycles. The molecule has 0 aliphatic carbocycles. The summed E-state index contributed by atoms with van der Waals surface area (Å²) < 4.78 is 1.89. The fourth-order valence-corrected chi connectivity index (χ4v) is 3.08. The van der Waals surface area contributed by atoms with Gasteiger partial charge in [-0.15, -0.1) is 0 Å². The molecule has 0 bridgehead atoms. The molecule has 2 aromatic rings. The van der Waals surface area contributed by atoms with Crippen LogP contribution in [-0.4, -0.2) is 43.4 Å². The summed E-state index contributed by atoms with van der Waals surface area (Å²) in [6.45, 7) is 5.87. The summed E-state index contributed by atoms with van der Waals surface area (Å²) in [6.07, 6.45) is 6.69. The van der Waals surface area contributed by atoms with Crippen LogP contribution in [0.25, 0.3) is 0 Å². The smallest absolute Gasteiger partial charge is 0.274 e. The Morgan fingerprint density at radius 2 is 2.36 bits per heavy atom. The van der Waals surface area contributed by atoms with Crippen molar-refractivity contribution in [3.05, 3.63) is 35.9 Å². The molecule has 6 heteroatoms. The Morgan fingerprint density at radius 1 is 1.50 bits per heavy atom.